The number of H-pyrrole nitrogens is 1. The number of pyridine rings is 1. The standard InChI is InChI=1S/C20H27N3O/c1-16-12-19(22(2)14-18-8-10-21-20(24)13-18)9-11-23(16)15-17-6-4-3-5-7-17/h3-8,10,13,16,19H,9,11-12,14-15H2,1-2H3,(H,21,24)/t16-,19+/m0/s1. The lowest BCUT2D eigenvalue weighted by Gasteiger charge is -2.41. The molecule has 0 saturated carbocycles. The summed E-state index contributed by atoms with van der Waals surface area (Å²) < 4.78 is 0. The molecule has 3 rings (SSSR count). The molecule has 1 saturated heterocycles. The largest absolute Gasteiger partial charge is 0.329 e. The third-order valence-corrected chi connectivity index (χ3v) is 5.11. The number of benzene rings is 1. The number of piperidine rings is 1. The molecular formula is C20H27N3O. The molecule has 0 radical (unpaired) electrons. The monoisotopic (exact) mass is 325 g/mol. The number of hydrogen-bond acceptors (Lipinski definition) is 3. The molecular weight excluding hydrogens is 298 g/mol. The number of rotatable bonds is 5. The number of likely N-dealkylation sites (tertiary alicyclic amines) is 1. The van der Waals surface area contributed by atoms with Gasteiger partial charge in [-0.15, -0.1) is 0 Å². The Hall–Kier alpha value is -1.91. The van der Waals surface area contributed by atoms with E-state index in [1.54, 1.807) is 12.3 Å². The van der Waals surface area contributed by atoms with Crippen molar-refractivity contribution in [3.8, 4) is 0 Å². The molecule has 24 heavy (non-hydrogen) atoms. The Morgan fingerprint density at radius 1 is 1.21 bits per heavy atom. The second-order valence-corrected chi connectivity index (χ2v) is 6.96. The zero-order valence-corrected chi connectivity index (χ0v) is 14.6. The van der Waals surface area contributed by atoms with Gasteiger partial charge in [-0.3, -0.25) is 14.6 Å². The molecule has 4 heteroatoms. The van der Waals surface area contributed by atoms with Gasteiger partial charge >= 0.3 is 0 Å². The minimum Gasteiger partial charge on any atom is -0.329 e. The average Bonchev–Trinajstić information content (AvgIpc) is 2.57. The summed E-state index contributed by atoms with van der Waals surface area (Å²) in [4.78, 5) is 19.1. The van der Waals surface area contributed by atoms with Crippen LogP contribution in [-0.2, 0) is 13.1 Å². The lowest BCUT2D eigenvalue weighted by Crippen LogP contribution is -2.47. The molecule has 2 aromatic rings. The van der Waals surface area contributed by atoms with Crippen molar-refractivity contribution < 1.29 is 0 Å². The van der Waals surface area contributed by atoms with E-state index in [0.29, 0.717) is 12.1 Å². The zero-order valence-electron chi connectivity index (χ0n) is 14.6. The van der Waals surface area contributed by atoms with Crippen LogP contribution in [0, 0.1) is 0 Å². The summed E-state index contributed by atoms with van der Waals surface area (Å²) >= 11 is 0. The number of nitrogens with zero attached hydrogens (tertiary/aromatic N) is 2. The van der Waals surface area contributed by atoms with Crippen molar-refractivity contribution in [1.29, 1.82) is 0 Å². The minimum absolute atomic E-state index is 0.0213. The summed E-state index contributed by atoms with van der Waals surface area (Å²) in [7, 11) is 2.17. The molecule has 128 valence electrons. The highest BCUT2D eigenvalue weighted by atomic mass is 16.1. The van der Waals surface area contributed by atoms with Crippen LogP contribution in [-0.4, -0.2) is 40.5 Å². The SMILES string of the molecule is C[C@H]1C[C@H](N(C)Cc2cc[nH]c(=O)c2)CCN1Cc1ccccc1. The van der Waals surface area contributed by atoms with E-state index >= 15 is 0 Å². The average molecular weight is 325 g/mol. The van der Waals surface area contributed by atoms with Crippen LogP contribution in [0.1, 0.15) is 30.9 Å². The maximum atomic E-state index is 11.4. The molecule has 1 fully saturated rings. The molecule has 0 unspecified atom stereocenters. The van der Waals surface area contributed by atoms with Crippen molar-refractivity contribution in [3.63, 3.8) is 0 Å². The van der Waals surface area contributed by atoms with Gasteiger partial charge in [0.2, 0.25) is 5.56 Å². The molecule has 1 aromatic heterocycles. The predicted octanol–water partition coefficient (Wildman–Crippen LogP) is 2.86. The van der Waals surface area contributed by atoms with Crippen LogP contribution in [0.15, 0.2) is 53.5 Å². The highest BCUT2D eigenvalue weighted by Crippen LogP contribution is 2.23. The first-order valence-electron chi connectivity index (χ1n) is 8.77. The van der Waals surface area contributed by atoms with E-state index in [1.807, 2.05) is 6.07 Å². The van der Waals surface area contributed by atoms with Crippen LogP contribution in [0.25, 0.3) is 0 Å². The minimum atomic E-state index is -0.0213. The fourth-order valence-electron chi connectivity index (χ4n) is 3.65. The van der Waals surface area contributed by atoms with Crippen LogP contribution in [0.3, 0.4) is 0 Å². The van der Waals surface area contributed by atoms with Crippen LogP contribution < -0.4 is 5.56 Å². The molecule has 1 aliphatic rings. The van der Waals surface area contributed by atoms with Crippen LogP contribution in [0.5, 0.6) is 0 Å². The Labute approximate surface area is 144 Å². The van der Waals surface area contributed by atoms with Crippen molar-refractivity contribution >= 4 is 0 Å². The first kappa shape index (κ1) is 16.9. The van der Waals surface area contributed by atoms with Crippen LogP contribution in [0.2, 0.25) is 0 Å². The van der Waals surface area contributed by atoms with Gasteiger partial charge in [0.25, 0.3) is 0 Å². The fraction of sp³-hybridized carbons (Fsp3) is 0.450. The highest BCUT2D eigenvalue weighted by Gasteiger charge is 2.27. The van der Waals surface area contributed by atoms with Gasteiger partial charge in [0.15, 0.2) is 0 Å². The van der Waals surface area contributed by atoms with E-state index in [1.165, 1.54) is 18.4 Å². The van der Waals surface area contributed by atoms with Gasteiger partial charge in [-0.25, -0.2) is 0 Å². The van der Waals surface area contributed by atoms with E-state index in [4.69, 9.17) is 0 Å². The topological polar surface area (TPSA) is 39.3 Å². The Balaban J connectivity index is 1.55. The summed E-state index contributed by atoms with van der Waals surface area (Å²) in [6.45, 7) is 5.32. The van der Waals surface area contributed by atoms with Crippen molar-refractivity contribution in [2.24, 2.45) is 0 Å². The summed E-state index contributed by atoms with van der Waals surface area (Å²) in [5, 5.41) is 0. The second-order valence-electron chi connectivity index (χ2n) is 6.96. The summed E-state index contributed by atoms with van der Waals surface area (Å²) in [6.07, 6.45) is 4.08. The number of aromatic nitrogens is 1. The van der Waals surface area contributed by atoms with Gasteiger partial charge in [0.1, 0.15) is 0 Å². The lowest BCUT2D eigenvalue weighted by atomic mass is 9.96. The molecule has 1 N–H and O–H groups in total. The highest BCUT2D eigenvalue weighted by molar-refractivity contribution is 5.15. The van der Waals surface area contributed by atoms with Crippen molar-refractivity contribution in [2.45, 2.75) is 44.9 Å². The number of hydrogen-bond donors (Lipinski definition) is 1. The fourth-order valence-corrected chi connectivity index (χ4v) is 3.65. The van der Waals surface area contributed by atoms with Gasteiger partial charge in [-0.05, 0) is 44.0 Å². The predicted molar refractivity (Wildman–Crippen MR) is 97.9 cm³/mol. The first-order chi connectivity index (χ1) is 11.6. The number of aromatic amines is 1. The smallest absolute Gasteiger partial charge is 0.248 e. The van der Waals surface area contributed by atoms with Gasteiger partial charge in [0, 0.05) is 44.0 Å². The molecule has 4 nitrogen and oxygen atoms in total. The quantitative estimate of drug-likeness (QED) is 0.919. The van der Waals surface area contributed by atoms with Crippen molar-refractivity contribution in [2.75, 3.05) is 13.6 Å². The lowest BCUT2D eigenvalue weighted by molar-refractivity contribution is 0.0771. The van der Waals surface area contributed by atoms with Crippen LogP contribution in [0.4, 0.5) is 0 Å². The van der Waals surface area contributed by atoms with Gasteiger partial charge in [0.05, 0.1) is 0 Å². The van der Waals surface area contributed by atoms with Crippen molar-refractivity contribution in [1.82, 2.24) is 14.8 Å². The van der Waals surface area contributed by atoms with E-state index in [2.05, 4.69) is 59.1 Å². The third-order valence-electron chi connectivity index (χ3n) is 5.11. The molecule has 2 heterocycles. The summed E-state index contributed by atoms with van der Waals surface area (Å²) in [6, 6.07) is 15.6. The molecule has 0 amide bonds. The summed E-state index contributed by atoms with van der Waals surface area (Å²) in [5.41, 5.74) is 2.45. The second kappa shape index (κ2) is 7.77. The molecule has 0 spiro atoms. The summed E-state index contributed by atoms with van der Waals surface area (Å²) in [5.74, 6) is 0. The van der Waals surface area contributed by atoms with Gasteiger partial charge < -0.3 is 4.98 Å². The molecule has 0 aliphatic carbocycles. The van der Waals surface area contributed by atoms with E-state index < -0.39 is 0 Å². The van der Waals surface area contributed by atoms with Crippen molar-refractivity contribution in [3.05, 3.63) is 70.1 Å². The molecule has 1 aromatic carbocycles. The van der Waals surface area contributed by atoms with Gasteiger partial charge in [-0.2, -0.15) is 0 Å². The van der Waals surface area contributed by atoms with E-state index in [-0.39, 0.29) is 5.56 Å². The first-order valence-corrected chi connectivity index (χ1v) is 8.77. The van der Waals surface area contributed by atoms with E-state index in [0.717, 1.165) is 25.2 Å². The van der Waals surface area contributed by atoms with E-state index in [9.17, 15) is 4.79 Å². The Morgan fingerprint density at radius 3 is 2.71 bits per heavy atom. The molecule has 1 aliphatic heterocycles. The Kier molecular flexibility index (Phi) is 5.48. The third kappa shape index (κ3) is 4.34. The Bertz CT molecular complexity index is 697. The zero-order chi connectivity index (χ0) is 16.9. The van der Waals surface area contributed by atoms with Crippen LogP contribution >= 0.6 is 0 Å². The number of nitrogens with one attached hydrogen (secondary N) is 1. The normalized spacial score (nSPS) is 22.0. The maximum Gasteiger partial charge on any atom is 0.248 e. The molecule has 0 bridgehead atoms. The van der Waals surface area contributed by atoms with Gasteiger partial charge in [-0.1, -0.05) is 30.3 Å². The maximum absolute atomic E-state index is 11.4. The molecule has 2 atom stereocenters. The Morgan fingerprint density at radius 2 is 2.00 bits per heavy atom.